The van der Waals surface area contributed by atoms with Gasteiger partial charge in [-0.15, -0.1) is 5.10 Å². The zero-order valence-corrected chi connectivity index (χ0v) is 14.7. The highest BCUT2D eigenvalue weighted by Gasteiger charge is 2.15. The van der Waals surface area contributed by atoms with Crippen molar-refractivity contribution in [2.24, 2.45) is 12.8 Å². The Balaban J connectivity index is 1.80. The van der Waals surface area contributed by atoms with Crippen molar-refractivity contribution in [3.63, 3.8) is 0 Å². The van der Waals surface area contributed by atoms with E-state index in [0.717, 1.165) is 16.6 Å². The lowest BCUT2D eigenvalue weighted by Gasteiger charge is -2.11. The van der Waals surface area contributed by atoms with Crippen LogP contribution in [0.2, 0.25) is 0 Å². The Morgan fingerprint density at radius 1 is 0.962 bits per heavy atom. The third kappa shape index (κ3) is 2.77. The van der Waals surface area contributed by atoms with Gasteiger partial charge < -0.3 is 10.8 Å². The Labute approximate surface area is 151 Å². The molecule has 0 saturated heterocycles. The molecule has 5 nitrogen and oxygen atoms in total. The molecule has 0 saturated carbocycles. The van der Waals surface area contributed by atoms with Crippen LogP contribution in [0.5, 0.6) is 0 Å². The highest BCUT2D eigenvalue weighted by atomic mass is 16.3. The molecule has 0 aliphatic heterocycles. The van der Waals surface area contributed by atoms with Gasteiger partial charge in [0.05, 0.1) is 5.52 Å². The molecular weight excluding hydrogens is 324 g/mol. The molecule has 0 radical (unpaired) electrons. The monoisotopic (exact) mass is 344 g/mol. The normalized spacial score (nSPS) is 12.5. The molecule has 0 bridgehead atoms. The van der Waals surface area contributed by atoms with E-state index in [1.54, 1.807) is 11.7 Å². The van der Waals surface area contributed by atoms with Gasteiger partial charge in [-0.05, 0) is 46.9 Å². The maximum Gasteiger partial charge on any atom is 0.130 e. The van der Waals surface area contributed by atoms with Crippen molar-refractivity contribution in [2.75, 3.05) is 0 Å². The molecule has 0 amide bonds. The smallest absolute Gasteiger partial charge is 0.130 e. The zero-order chi connectivity index (χ0) is 18.3. The molecule has 130 valence electrons. The summed E-state index contributed by atoms with van der Waals surface area (Å²) in [6.45, 7) is 2.11. The molecule has 0 aliphatic rings. The number of hydrogen-bond donors (Lipinski definition) is 2. The number of aliphatic hydroxyl groups excluding tert-OH is 1. The molecule has 0 spiro atoms. The van der Waals surface area contributed by atoms with Crippen LogP contribution in [0.3, 0.4) is 0 Å². The van der Waals surface area contributed by atoms with E-state index in [4.69, 9.17) is 5.73 Å². The first-order valence-electron chi connectivity index (χ1n) is 8.48. The largest absolute Gasteiger partial charge is 0.374 e. The van der Waals surface area contributed by atoms with Gasteiger partial charge in [0, 0.05) is 12.6 Å². The highest BCUT2D eigenvalue weighted by Crippen LogP contribution is 2.31. The van der Waals surface area contributed by atoms with Gasteiger partial charge in [-0.25, -0.2) is 4.68 Å². The fourth-order valence-corrected chi connectivity index (χ4v) is 3.36. The van der Waals surface area contributed by atoms with Crippen molar-refractivity contribution in [1.29, 1.82) is 0 Å². The van der Waals surface area contributed by atoms with Crippen LogP contribution in [0.25, 0.3) is 33.3 Å². The Morgan fingerprint density at radius 2 is 1.65 bits per heavy atom. The summed E-state index contributed by atoms with van der Waals surface area (Å²) >= 11 is 0. The molecule has 3 aromatic carbocycles. The second kappa shape index (κ2) is 6.37. The van der Waals surface area contributed by atoms with E-state index in [9.17, 15) is 5.11 Å². The minimum Gasteiger partial charge on any atom is -0.374 e. The third-order valence-corrected chi connectivity index (χ3v) is 4.72. The van der Waals surface area contributed by atoms with E-state index in [1.165, 1.54) is 16.7 Å². The Kier molecular flexibility index (Phi) is 4.03. The van der Waals surface area contributed by atoms with Crippen LogP contribution in [0, 0.1) is 6.92 Å². The lowest BCUT2D eigenvalue weighted by Crippen LogP contribution is -2.10. The van der Waals surface area contributed by atoms with E-state index >= 15 is 0 Å². The molecule has 1 heterocycles. The number of aryl methyl sites for hydroxylation is 2. The first-order chi connectivity index (χ1) is 12.5. The second-order valence-electron chi connectivity index (χ2n) is 6.48. The van der Waals surface area contributed by atoms with E-state index < -0.39 is 6.23 Å². The Morgan fingerprint density at radius 3 is 2.35 bits per heavy atom. The molecule has 1 aromatic heterocycles. The van der Waals surface area contributed by atoms with Crippen LogP contribution in [-0.2, 0) is 7.05 Å². The number of hydrogen-bond acceptors (Lipinski definition) is 4. The quantitative estimate of drug-likeness (QED) is 0.557. The molecule has 0 fully saturated rings. The van der Waals surface area contributed by atoms with Crippen LogP contribution in [0.15, 0.2) is 60.7 Å². The van der Waals surface area contributed by atoms with Gasteiger partial charge in [0.25, 0.3) is 0 Å². The molecule has 5 heteroatoms. The summed E-state index contributed by atoms with van der Waals surface area (Å²) in [6.07, 6.45) is -1.08. The summed E-state index contributed by atoms with van der Waals surface area (Å²) in [5.74, 6) is 0. The minimum absolute atomic E-state index is 0.619. The highest BCUT2D eigenvalue weighted by molar-refractivity contribution is 5.85. The average Bonchev–Trinajstić information content (AvgIpc) is 3.02. The van der Waals surface area contributed by atoms with Crippen LogP contribution >= 0.6 is 0 Å². The second-order valence-corrected chi connectivity index (χ2v) is 6.48. The topological polar surface area (TPSA) is 77.0 Å². The summed E-state index contributed by atoms with van der Waals surface area (Å²) in [4.78, 5) is 0. The average molecular weight is 344 g/mol. The van der Waals surface area contributed by atoms with Crippen LogP contribution in [0.4, 0.5) is 0 Å². The predicted molar refractivity (Wildman–Crippen MR) is 103 cm³/mol. The van der Waals surface area contributed by atoms with Gasteiger partial charge in [0.2, 0.25) is 0 Å². The summed E-state index contributed by atoms with van der Waals surface area (Å²) in [5, 5.41) is 18.2. The first kappa shape index (κ1) is 16.4. The molecule has 4 rings (SSSR count). The van der Waals surface area contributed by atoms with Gasteiger partial charge in [0.15, 0.2) is 0 Å². The van der Waals surface area contributed by atoms with Gasteiger partial charge >= 0.3 is 0 Å². The summed E-state index contributed by atoms with van der Waals surface area (Å²) in [5.41, 5.74) is 13.5. The Bertz CT molecular complexity index is 1080. The van der Waals surface area contributed by atoms with Crippen molar-refractivity contribution in [3.8, 4) is 22.3 Å². The number of benzene rings is 3. The first-order valence-corrected chi connectivity index (χ1v) is 8.48. The van der Waals surface area contributed by atoms with Crippen LogP contribution < -0.4 is 5.73 Å². The molecule has 0 aliphatic carbocycles. The van der Waals surface area contributed by atoms with Crippen molar-refractivity contribution in [2.45, 2.75) is 13.2 Å². The van der Waals surface area contributed by atoms with Crippen molar-refractivity contribution < 1.29 is 5.11 Å². The summed E-state index contributed by atoms with van der Waals surface area (Å²) in [6, 6.07) is 20.6. The third-order valence-electron chi connectivity index (χ3n) is 4.72. The van der Waals surface area contributed by atoms with Crippen molar-refractivity contribution in [1.82, 2.24) is 15.0 Å². The predicted octanol–water partition coefficient (Wildman–Crippen LogP) is 3.56. The fourth-order valence-electron chi connectivity index (χ4n) is 3.36. The van der Waals surface area contributed by atoms with Crippen molar-refractivity contribution >= 4 is 11.0 Å². The van der Waals surface area contributed by atoms with Crippen LogP contribution in [-0.4, -0.2) is 20.1 Å². The number of nitrogens with zero attached hydrogens (tertiary/aromatic N) is 3. The number of nitrogens with two attached hydrogens (primary N) is 1. The Hall–Kier alpha value is -3.02. The van der Waals surface area contributed by atoms with Crippen molar-refractivity contribution in [3.05, 3.63) is 71.8 Å². The SMILES string of the molecule is Cc1ccccc1-c1ccc(-c2cc(C(N)O)c3c(c2)nnn3C)cc1. The lowest BCUT2D eigenvalue weighted by molar-refractivity contribution is 0.187. The van der Waals surface area contributed by atoms with Gasteiger partial charge in [-0.1, -0.05) is 53.7 Å². The number of aliphatic hydroxyl groups is 1. The summed E-state index contributed by atoms with van der Waals surface area (Å²) < 4.78 is 1.63. The van der Waals surface area contributed by atoms with Gasteiger partial charge in [-0.3, -0.25) is 0 Å². The fraction of sp³-hybridized carbons (Fsp3) is 0.143. The molecule has 26 heavy (non-hydrogen) atoms. The molecular formula is C21H20N4O. The number of aromatic nitrogens is 3. The maximum absolute atomic E-state index is 9.97. The summed E-state index contributed by atoms with van der Waals surface area (Å²) in [7, 11) is 1.79. The number of fused-ring (bicyclic) bond motifs is 1. The molecule has 1 unspecified atom stereocenters. The van der Waals surface area contributed by atoms with E-state index in [-0.39, 0.29) is 0 Å². The van der Waals surface area contributed by atoms with Gasteiger partial charge in [0.1, 0.15) is 11.7 Å². The van der Waals surface area contributed by atoms with E-state index in [1.807, 2.05) is 24.3 Å². The lowest BCUT2D eigenvalue weighted by atomic mass is 9.96. The molecule has 3 N–H and O–H groups in total. The van der Waals surface area contributed by atoms with Crippen LogP contribution in [0.1, 0.15) is 17.4 Å². The van der Waals surface area contributed by atoms with E-state index in [0.29, 0.717) is 11.1 Å². The number of rotatable bonds is 3. The minimum atomic E-state index is -1.08. The zero-order valence-electron chi connectivity index (χ0n) is 14.7. The standard InChI is InChI=1S/C21H20N4O/c1-13-5-3-4-6-17(13)15-9-7-14(8-10-15)16-11-18(21(22)26)20-19(12-16)23-24-25(20)2/h3-12,21,26H,22H2,1-2H3. The molecule has 1 atom stereocenters. The molecule has 4 aromatic rings. The van der Waals surface area contributed by atoms with E-state index in [2.05, 4.69) is 53.6 Å². The maximum atomic E-state index is 9.97. The van der Waals surface area contributed by atoms with Gasteiger partial charge in [-0.2, -0.15) is 0 Å².